The highest BCUT2D eigenvalue weighted by atomic mass is 32.1. The molecule has 0 N–H and O–H groups in total. The molecule has 6 heterocycles. The third-order valence-electron chi connectivity index (χ3n) is 9.37. The van der Waals surface area contributed by atoms with Crippen LogP contribution in [0.1, 0.15) is 50.7 Å². The first-order valence-corrected chi connectivity index (χ1v) is 18.4. The third kappa shape index (κ3) is 7.15. The predicted octanol–water partition coefficient (Wildman–Crippen LogP) is 8.12. The van der Waals surface area contributed by atoms with E-state index < -0.39 is 47.5 Å². The van der Waals surface area contributed by atoms with Crippen molar-refractivity contribution >= 4 is 33.4 Å². The van der Waals surface area contributed by atoms with Gasteiger partial charge in [0.05, 0.1) is 49.2 Å². The molecule has 0 unspecified atom stereocenters. The molecule has 55 heavy (non-hydrogen) atoms. The molecule has 4 aromatic heterocycles. The molecule has 2 aliphatic rings. The second-order valence-electron chi connectivity index (χ2n) is 14.3. The summed E-state index contributed by atoms with van der Waals surface area (Å²) in [6.07, 6.45) is 1.66. The number of rotatable bonds is 8. The summed E-state index contributed by atoms with van der Waals surface area (Å²) in [5.41, 5.74) is 0.842. The van der Waals surface area contributed by atoms with Crippen LogP contribution in [0, 0.1) is 11.6 Å². The number of carbonyl (C=O) groups is 2. The van der Waals surface area contributed by atoms with E-state index in [4.69, 9.17) is 24.3 Å². The van der Waals surface area contributed by atoms with E-state index in [0.29, 0.717) is 45.8 Å². The lowest BCUT2D eigenvalue weighted by molar-refractivity contribution is -0.129. The number of carbonyl (C=O) groups excluding carboxylic acids is 2. The van der Waals surface area contributed by atoms with Gasteiger partial charge in [0.15, 0.2) is 0 Å². The van der Waals surface area contributed by atoms with Crippen molar-refractivity contribution in [2.45, 2.75) is 58.3 Å². The van der Waals surface area contributed by atoms with Crippen molar-refractivity contribution in [1.29, 1.82) is 0 Å². The average molecular weight is 779 g/mol. The summed E-state index contributed by atoms with van der Waals surface area (Å²) >= 11 is 1.27. The van der Waals surface area contributed by atoms with Crippen LogP contribution in [0.3, 0.4) is 0 Å². The van der Waals surface area contributed by atoms with Crippen molar-refractivity contribution in [2.24, 2.45) is 0 Å². The Hall–Kier alpha value is -5.35. The van der Waals surface area contributed by atoms with Gasteiger partial charge in [0.1, 0.15) is 46.7 Å². The van der Waals surface area contributed by atoms with Crippen LogP contribution in [-0.4, -0.2) is 80.6 Å². The van der Waals surface area contributed by atoms with Crippen LogP contribution in [0.4, 0.5) is 22.4 Å². The Bertz CT molecular complexity index is 2340. The fourth-order valence-electron chi connectivity index (χ4n) is 6.96. The second-order valence-corrected chi connectivity index (χ2v) is 15.2. The molecule has 0 saturated carbocycles. The second kappa shape index (κ2) is 14.4. The first kappa shape index (κ1) is 37.9. The Balaban J connectivity index is 1.44. The lowest BCUT2D eigenvalue weighted by Gasteiger charge is -2.34. The van der Waals surface area contributed by atoms with E-state index in [9.17, 15) is 14.0 Å². The van der Waals surface area contributed by atoms with Crippen molar-refractivity contribution in [1.82, 2.24) is 29.5 Å². The number of alkyl halides is 2. The van der Waals surface area contributed by atoms with E-state index in [1.165, 1.54) is 36.8 Å². The van der Waals surface area contributed by atoms with E-state index in [-0.39, 0.29) is 53.8 Å². The van der Waals surface area contributed by atoms with Gasteiger partial charge in [-0.15, -0.1) is 11.3 Å². The molecule has 0 bridgehead atoms. The smallest absolute Gasteiger partial charge is 0.410 e. The van der Waals surface area contributed by atoms with Crippen LogP contribution in [0.15, 0.2) is 54.6 Å². The normalized spacial score (nSPS) is 16.5. The van der Waals surface area contributed by atoms with Crippen LogP contribution < -0.4 is 4.74 Å². The van der Waals surface area contributed by atoms with Crippen LogP contribution in [0.2, 0.25) is 0 Å². The Kier molecular flexibility index (Phi) is 9.92. The largest absolute Gasteiger partial charge is 0.490 e. The summed E-state index contributed by atoms with van der Waals surface area (Å²) < 4.78 is 80.7. The van der Waals surface area contributed by atoms with Crippen molar-refractivity contribution < 1.29 is 41.4 Å². The molecule has 0 saturated heterocycles. The van der Waals surface area contributed by atoms with Gasteiger partial charge in [-0.2, -0.15) is 13.9 Å². The number of aromatic nitrogens is 4. The van der Waals surface area contributed by atoms with Gasteiger partial charge in [-0.3, -0.25) is 19.4 Å². The van der Waals surface area contributed by atoms with Crippen LogP contribution in [0.25, 0.3) is 43.9 Å². The van der Waals surface area contributed by atoms with E-state index >= 15 is 13.2 Å². The summed E-state index contributed by atoms with van der Waals surface area (Å²) in [6.45, 7) is 10.2. The molecule has 7 rings (SSSR count). The van der Waals surface area contributed by atoms with Crippen LogP contribution >= 0.6 is 11.3 Å². The molecule has 0 aliphatic carbocycles. The lowest BCUT2D eigenvalue weighted by Crippen LogP contribution is -2.46. The van der Waals surface area contributed by atoms with Crippen LogP contribution in [-0.2, 0) is 33.3 Å². The highest BCUT2D eigenvalue weighted by Gasteiger charge is 2.44. The highest BCUT2D eigenvalue weighted by molar-refractivity contribution is 7.18. The zero-order chi connectivity index (χ0) is 39.4. The van der Waals surface area contributed by atoms with Gasteiger partial charge < -0.3 is 19.1 Å². The van der Waals surface area contributed by atoms with Gasteiger partial charge in [0, 0.05) is 58.8 Å². The first-order chi connectivity index (χ1) is 26.1. The molecule has 0 radical (unpaired) electrons. The highest BCUT2D eigenvalue weighted by Crippen LogP contribution is 2.48. The number of hydrogen-bond acceptors (Lipinski definition) is 9. The molecule has 1 atom stereocenters. The molecule has 0 fully saturated rings. The lowest BCUT2D eigenvalue weighted by atomic mass is 9.95. The SMILES string of the molecule is C=CC(=O)N1CCn2nc(-c3nc(-c4cnc5c(c4)CN(C(=O)OC(C)(C)C)CC5(F)F)c4ccsc4c3-c3c(F)cc(F)cc3OCCOC)cc2[C@H]1C. The zero-order valence-electron chi connectivity index (χ0n) is 30.8. The van der Waals surface area contributed by atoms with Crippen molar-refractivity contribution in [2.75, 3.05) is 33.4 Å². The molecular formula is C39H38F4N6O5S. The maximum absolute atomic E-state index is 16.2. The van der Waals surface area contributed by atoms with E-state index in [1.54, 1.807) is 47.9 Å². The minimum Gasteiger partial charge on any atom is -0.490 e. The number of amides is 2. The van der Waals surface area contributed by atoms with Gasteiger partial charge in [0.25, 0.3) is 0 Å². The average Bonchev–Trinajstić information content (AvgIpc) is 3.79. The number of nitrogens with zero attached hydrogens (tertiary/aromatic N) is 6. The zero-order valence-corrected chi connectivity index (χ0v) is 31.6. The van der Waals surface area contributed by atoms with Crippen LogP contribution in [0.5, 0.6) is 5.75 Å². The van der Waals surface area contributed by atoms with Crippen molar-refractivity contribution in [3.8, 4) is 39.5 Å². The minimum atomic E-state index is -3.46. The number of methoxy groups -OCH3 is 1. The molecule has 2 aliphatic heterocycles. The number of thiophene rings is 1. The standard InChI is InChI=1S/C39H38F4N6O5S/c1-7-30(50)48-9-10-49-28(21(48)2)17-27(46-49)34-32(31-26(41)15-24(40)16-29(31)53-12-11-52-6)35-25(8-13-55-35)33(45-34)22-14-23-19-47(37(51)54-38(3,4)5)20-39(42,43)36(23)44-18-22/h7-8,13-18,21H,1,9-12,19-20H2,2-6H3/t21-/m1/s1. The molecule has 11 nitrogen and oxygen atoms in total. The molecule has 0 spiro atoms. The first-order valence-electron chi connectivity index (χ1n) is 17.5. The van der Waals surface area contributed by atoms with Gasteiger partial charge in [-0.05, 0) is 57.4 Å². The summed E-state index contributed by atoms with van der Waals surface area (Å²) in [4.78, 5) is 37.5. The maximum atomic E-state index is 16.2. The van der Waals surface area contributed by atoms with Gasteiger partial charge in [0.2, 0.25) is 5.91 Å². The van der Waals surface area contributed by atoms with E-state index in [1.807, 2.05) is 6.92 Å². The summed E-state index contributed by atoms with van der Waals surface area (Å²) in [7, 11) is 1.48. The Labute approximate surface area is 318 Å². The fraction of sp³-hybridized carbons (Fsp3) is 0.359. The topological polar surface area (TPSA) is 112 Å². The Morgan fingerprint density at radius 1 is 1.09 bits per heavy atom. The number of ether oxygens (including phenoxy) is 3. The van der Waals surface area contributed by atoms with Gasteiger partial charge in [-0.25, -0.2) is 18.6 Å². The fourth-order valence-corrected chi connectivity index (χ4v) is 7.91. The molecule has 16 heteroatoms. The van der Waals surface area contributed by atoms with Gasteiger partial charge >= 0.3 is 12.0 Å². The van der Waals surface area contributed by atoms with Crippen molar-refractivity contribution in [3.63, 3.8) is 0 Å². The van der Waals surface area contributed by atoms with E-state index in [0.717, 1.165) is 17.0 Å². The number of hydrogen-bond donors (Lipinski definition) is 0. The molecule has 2 amide bonds. The quantitative estimate of drug-likeness (QED) is 0.0883. The molecule has 5 aromatic rings. The van der Waals surface area contributed by atoms with E-state index in [2.05, 4.69) is 11.6 Å². The maximum Gasteiger partial charge on any atom is 0.410 e. The Morgan fingerprint density at radius 2 is 1.87 bits per heavy atom. The summed E-state index contributed by atoms with van der Waals surface area (Å²) in [5.74, 6) is -5.55. The number of benzene rings is 1. The molecule has 1 aromatic carbocycles. The number of fused-ring (bicyclic) bond motifs is 3. The minimum absolute atomic E-state index is 0.00395. The Morgan fingerprint density at radius 3 is 2.60 bits per heavy atom. The van der Waals surface area contributed by atoms with Crippen molar-refractivity contribution in [3.05, 3.63) is 83.1 Å². The summed E-state index contributed by atoms with van der Waals surface area (Å²) in [6, 6.07) is 6.51. The summed E-state index contributed by atoms with van der Waals surface area (Å²) in [5, 5.41) is 7.18. The molecule has 288 valence electrons. The monoisotopic (exact) mass is 778 g/mol. The van der Waals surface area contributed by atoms with Gasteiger partial charge in [-0.1, -0.05) is 6.58 Å². The molecular weight excluding hydrogens is 741 g/mol. The third-order valence-corrected chi connectivity index (χ3v) is 10.3. The number of halogens is 4. The number of pyridine rings is 2. The predicted molar refractivity (Wildman–Crippen MR) is 198 cm³/mol.